The molecule has 1 aromatic rings. The van der Waals surface area contributed by atoms with E-state index in [1.807, 2.05) is 41.5 Å². The van der Waals surface area contributed by atoms with Gasteiger partial charge in [0.2, 0.25) is 0 Å². The topological polar surface area (TPSA) is 3.24 Å². The van der Waals surface area contributed by atoms with E-state index in [0.717, 1.165) is 15.0 Å². The van der Waals surface area contributed by atoms with Crippen molar-refractivity contribution >= 4 is 45.6 Å². The summed E-state index contributed by atoms with van der Waals surface area (Å²) in [5, 5.41) is 0.729. The van der Waals surface area contributed by atoms with Crippen LogP contribution in [-0.4, -0.2) is 17.1 Å². The van der Waals surface area contributed by atoms with Crippen LogP contribution in [0.4, 0.5) is 5.69 Å². The Morgan fingerprint density at radius 1 is 1.53 bits per heavy atom. The van der Waals surface area contributed by atoms with Crippen molar-refractivity contribution in [2.45, 2.75) is 0 Å². The van der Waals surface area contributed by atoms with Gasteiger partial charge in [0.15, 0.2) is 0 Å². The van der Waals surface area contributed by atoms with Crippen molar-refractivity contribution in [1.29, 1.82) is 0 Å². The van der Waals surface area contributed by atoms with E-state index in [1.165, 1.54) is 0 Å². The molecule has 0 fully saturated rings. The second kappa shape index (κ2) is 6.16. The predicted molar refractivity (Wildman–Crippen MR) is 75.1 cm³/mol. The largest absolute Gasteiger partial charge is 0.323 e. The van der Waals surface area contributed by atoms with Crippen molar-refractivity contribution in [2.75, 3.05) is 17.7 Å². The van der Waals surface area contributed by atoms with E-state index in [1.54, 1.807) is 11.8 Å². The van der Waals surface area contributed by atoms with Gasteiger partial charge in [0, 0.05) is 17.3 Å². The SMILES string of the molecule is C=CCN(C(=S)SC)c1ccc(Cl)cc1. The fraction of sp³-hybridized carbons (Fsp3) is 0.182. The maximum atomic E-state index is 5.83. The summed E-state index contributed by atoms with van der Waals surface area (Å²) in [5.74, 6) is 0. The van der Waals surface area contributed by atoms with Crippen molar-refractivity contribution in [3.8, 4) is 0 Å². The first kappa shape index (κ1) is 12.6. The Hall–Kier alpha value is -0.510. The number of anilines is 1. The van der Waals surface area contributed by atoms with Crippen molar-refractivity contribution in [1.82, 2.24) is 0 Å². The lowest BCUT2D eigenvalue weighted by molar-refractivity contribution is 1.17. The summed E-state index contributed by atoms with van der Waals surface area (Å²) < 4.78 is 0.831. The van der Waals surface area contributed by atoms with Crippen LogP contribution >= 0.6 is 35.6 Å². The van der Waals surface area contributed by atoms with Gasteiger partial charge >= 0.3 is 0 Å². The standard InChI is InChI=1S/C11H12ClNS2/c1-3-8-13(11(14)15-2)10-6-4-9(12)5-7-10/h3-7H,1,8H2,2H3. The monoisotopic (exact) mass is 257 g/mol. The molecule has 0 radical (unpaired) electrons. The van der Waals surface area contributed by atoms with Crippen molar-refractivity contribution in [3.05, 3.63) is 41.9 Å². The fourth-order valence-corrected chi connectivity index (χ4v) is 1.85. The first-order chi connectivity index (χ1) is 7.19. The lowest BCUT2D eigenvalue weighted by Crippen LogP contribution is -2.26. The zero-order valence-electron chi connectivity index (χ0n) is 8.44. The number of benzene rings is 1. The van der Waals surface area contributed by atoms with Crippen LogP contribution in [0.15, 0.2) is 36.9 Å². The summed E-state index contributed by atoms with van der Waals surface area (Å²) in [5.41, 5.74) is 1.04. The molecule has 0 saturated carbocycles. The van der Waals surface area contributed by atoms with E-state index >= 15 is 0 Å². The molecule has 4 heteroatoms. The number of thioether (sulfide) groups is 1. The minimum atomic E-state index is 0.710. The molecule has 0 saturated heterocycles. The molecule has 0 unspecified atom stereocenters. The molecule has 0 atom stereocenters. The van der Waals surface area contributed by atoms with Gasteiger partial charge in [-0.3, -0.25) is 0 Å². The van der Waals surface area contributed by atoms with Crippen molar-refractivity contribution < 1.29 is 0 Å². The van der Waals surface area contributed by atoms with Crippen LogP contribution in [0.1, 0.15) is 0 Å². The molecule has 0 aromatic heterocycles. The van der Waals surface area contributed by atoms with Crippen LogP contribution in [-0.2, 0) is 0 Å². The molecule has 1 nitrogen and oxygen atoms in total. The highest BCUT2D eigenvalue weighted by molar-refractivity contribution is 8.22. The Labute approximate surface area is 105 Å². The molecule has 0 amide bonds. The third-order valence-corrected chi connectivity index (χ3v) is 3.39. The fourth-order valence-electron chi connectivity index (χ4n) is 1.15. The number of rotatable bonds is 3. The van der Waals surface area contributed by atoms with Crippen LogP contribution in [0.2, 0.25) is 5.02 Å². The van der Waals surface area contributed by atoms with Crippen LogP contribution in [0.25, 0.3) is 0 Å². The van der Waals surface area contributed by atoms with Crippen LogP contribution in [0.5, 0.6) is 0 Å². The molecule has 0 bridgehead atoms. The van der Waals surface area contributed by atoms with Crippen LogP contribution in [0.3, 0.4) is 0 Å². The first-order valence-electron chi connectivity index (χ1n) is 4.41. The van der Waals surface area contributed by atoms with Gasteiger partial charge in [-0.05, 0) is 30.5 Å². The average molecular weight is 258 g/mol. The van der Waals surface area contributed by atoms with E-state index in [9.17, 15) is 0 Å². The second-order valence-electron chi connectivity index (χ2n) is 2.85. The van der Waals surface area contributed by atoms with Gasteiger partial charge in [0.25, 0.3) is 0 Å². The summed E-state index contributed by atoms with van der Waals surface area (Å²) >= 11 is 12.6. The van der Waals surface area contributed by atoms with Gasteiger partial charge in [-0.2, -0.15) is 0 Å². The highest BCUT2D eigenvalue weighted by Crippen LogP contribution is 2.21. The molecule has 0 heterocycles. The zero-order chi connectivity index (χ0) is 11.3. The molecule has 0 aliphatic heterocycles. The smallest absolute Gasteiger partial charge is 0.140 e. The minimum Gasteiger partial charge on any atom is -0.323 e. The molecule has 0 aliphatic carbocycles. The number of hydrogen-bond acceptors (Lipinski definition) is 2. The quantitative estimate of drug-likeness (QED) is 0.596. The molecule has 0 aliphatic rings. The van der Waals surface area contributed by atoms with Crippen molar-refractivity contribution in [2.24, 2.45) is 0 Å². The van der Waals surface area contributed by atoms with Gasteiger partial charge in [-0.1, -0.05) is 29.9 Å². The molecule has 80 valence electrons. The average Bonchev–Trinajstić information content (AvgIpc) is 2.26. The normalized spacial score (nSPS) is 9.73. The molecule has 0 spiro atoms. The summed E-state index contributed by atoms with van der Waals surface area (Å²) in [4.78, 5) is 2.02. The lowest BCUT2D eigenvalue weighted by atomic mass is 10.3. The Morgan fingerprint density at radius 3 is 2.60 bits per heavy atom. The molecular formula is C11H12ClNS2. The summed E-state index contributed by atoms with van der Waals surface area (Å²) in [6.45, 7) is 4.43. The zero-order valence-corrected chi connectivity index (χ0v) is 10.8. The Morgan fingerprint density at radius 2 is 2.13 bits per heavy atom. The highest BCUT2D eigenvalue weighted by Gasteiger charge is 2.08. The lowest BCUT2D eigenvalue weighted by Gasteiger charge is -2.22. The molecule has 15 heavy (non-hydrogen) atoms. The van der Waals surface area contributed by atoms with Crippen LogP contribution in [0, 0.1) is 0 Å². The first-order valence-corrected chi connectivity index (χ1v) is 6.42. The number of halogens is 1. The summed E-state index contributed by atoms with van der Waals surface area (Å²) in [6, 6.07) is 7.62. The van der Waals surface area contributed by atoms with Crippen LogP contribution < -0.4 is 4.90 Å². The van der Waals surface area contributed by atoms with E-state index in [0.29, 0.717) is 6.54 Å². The predicted octanol–water partition coefficient (Wildman–Crippen LogP) is 3.98. The Bertz CT molecular complexity index is 348. The van der Waals surface area contributed by atoms with Gasteiger partial charge < -0.3 is 4.90 Å². The molecule has 1 aromatic carbocycles. The van der Waals surface area contributed by atoms with Gasteiger partial charge in [-0.25, -0.2) is 0 Å². The maximum absolute atomic E-state index is 5.83. The summed E-state index contributed by atoms with van der Waals surface area (Å²) in [6.07, 6.45) is 3.80. The van der Waals surface area contributed by atoms with E-state index in [2.05, 4.69) is 6.58 Å². The minimum absolute atomic E-state index is 0.710. The molecular weight excluding hydrogens is 246 g/mol. The molecule has 0 N–H and O–H groups in total. The number of hydrogen-bond donors (Lipinski definition) is 0. The van der Waals surface area contributed by atoms with E-state index < -0.39 is 0 Å². The highest BCUT2D eigenvalue weighted by atomic mass is 35.5. The van der Waals surface area contributed by atoms with E-state index in [4.69, 9.17) is 23.8 Å². The van der Waals surface area contributed by atoms with Crippen molar-refractivity contribution in [3.63, 3.8) is 0 Å². The third kappa shape index (κ3) is 3.52. The molecule has 1 rings (SSSR count). The second-order valence-corrected chi connectivity index (χ2v) is 4.72. The third-order valence-electron chi connectivity index (χ3n) is 1.84. The Kier molecular flexibility index (Phi) is 5.15. The van der Waals surface area contributed by atoms with Gasteiger partial charge in [-0.15, -0.1) is 18.3 Å². The number of nitrogens with zero attached hydrogens (tertiary/aromatic N) is 1. The number of thiocarbonyl (C=S) groups is 1. The Balaban J connectivity index is 2.93. The van der Waals surface area contributed by atoms with Gasteiger partial charge in [0.05, 0.1) is 0 Å². The summed E-state index contributed by atoms with van der Waals surface area (Å²) in [7, 11) is 0. The maximum Gasteiger partial charge on any atom is 0.140 e. The van der Waals surface area contributed by atoms with Gasteiger partial charge in [0.1, 0.15) is 4.32 Å². The van der Waals surface area contributed by atoms with E-state index in [-0.39, 0.29) is 0 Å².